The van der Waals surface area contributed by atoms with Gasteiger partial charge in [0.05, 0.1) is 5.92 Å². The van der Waals surface area contributed by atoms with E-state index in [0.29, 0.717) is 18.5 Å². The van der Waals surface area contributed by atoms with Gasteiger partial charge in [0.1, 0.15) is 5.82 Å². The van der Waals surface area contributed by atoms with Crippen LogP contribution in [0.4, 0.5) is 10.1 Å². The van der Waals surface area contributed by atoms with Gasteiger partial charge in [-0.05, 0) is 36.6 Å². The maximum atomic E-state index is 13.8. The summed E-state index contributed by atoms with van der Waals surface area (Å²) in [7, 11) is 0. The van der Waals surface area contributed by atoms with E-state index in [2.05, 4.69) is 0 Å². The van der Waals surface area contributed by atoms with Crippen molar-refractivity contribution < 1.29 is 9.18 Å². The first-order valence-electron chi connectivity index (χ1n) is 6.86. The summed E-state index contributed by atoms with van der Waals surface area (Å²) in [5.41, 5.74) is 2.56. The number of hydrogen-bond donors (Lipinski definition) is 0. The second kappa shape index (κ2) is 5.08. The molecule has 0 saturated carbocycles. The quantitative estimate of drug-likeness (QED) is 0.835. The molecule has 1 aliphatic heterocycles. The van der Waals surface area contributed by atoms with Crippen molar-refractivity contribution in [2.45, 2.75) is 19.3 Å². The van der Waals surface area contributed by atoms with E-state index in [1.54, 1.807) is 23.1 Å². The SMILES string of the molecule is CCN1C(=O)[C@@H](Cc2ccccc2F)c2ccccc21. The molecule has 2 nitrogen and oxygen atoms in total. The van der Waals surface area contributed by atoms with E-state index in [-0.39, 0.29) is 17.6 Å². The number of benzene rings is 2. The highest BCUT2D eigenvalue weighted by Crippen LogP contribution is 2.38. The molecule has 20 heavy (non-hydrogen) atoms. The van der Waals surface area contributed by atoms with Crippen LogP contribution in [-0.4, -0.2) is 12.5 Å². The zero-order valence-electron chi connectivity index (χ0n) is 11.3. The Morgan fingerprint density at radius 1 is 1.10 bits per heavy atom. The molecule has 0 bridgehead atoms. The summed E-state index contributed by atoms with van der Waals surface area (Å²) in [5, 5.41) is 0. The minimum Gasteiger partial charge on any atom is -0.312 e. The van der Waals surface area contributed by atoms with Gasteiger partial charge in [0.15, 0.2) is 0 Å². The van der Waals surface area contributed by atoms with Gasteiger partial charge in [0, 0.05) is 12.2 Å². The number of halogens is 1. The van der Waals surface area contributed by atoms with E-state index in [1.165, 1.54) is 6.07 Å². The molecule has 1 atom stereocenters. The molecule has 0 fully saturated rings. The number of carbonyl (C=O) groups is 1. The van der Waals surface area contributed by atoms with Crippen molar-refractivity contribution in [3.8, 4) is 0 Å². The fourth-order valence-corrected chi connectivity index (χ4v) is 2.88. The highest BCUT2D eigenvalue weighted by Gasteiger charge is 2.36. The second-order valence-corrected chi connectivity index (χ2v) is 4.99. The molecule has 0 unspecified atom stereocenters. The van der Waals surface area contributed by atoms with Gasteiger partial charge in [-0.1, -0.05) is 36.4 Å². The molecule has 2 aromatic rings. The summed E-state index contributed by atoms with van der Waals surface area (Å²) < 4.78 is 13.8. The van der Waals surface area contributed by atoms with Gasteiger partial charge >= 0.3 is 0 Å². The first-order chi connectivity index (χ1) is 9.72. The molecular weight excluding hydrogens is 253 g/mol. The molecule has 0 spiro atoms. The summed E-state index contributed by atoms with van der Waals surface area (Å²) in [6.45, 7) is 2.60. The van der Waals surface area contributed by atoms with Crippen LogP contribution in [0.25, 0.3) is 0 Å². The summed E-state index contributed by atoms with van der Waals surface area (Å²) in [5.74, 6) is -0.451. The lowest BCUT2D eigenvalue weighted by molar-refractivity contribution is -0.119. The van der Waals surface area contributed by atoms with E-state index in [1.807, 2.05) is 31.2 Å². The van der Waals surface area contributed by atoms with E-state index < -0.39 is 0 Å². The normalized spacial score (nSPS) is 17.4. The number of hydrogen-bond acceptors (Lipinski definition) is 1. The Hall–Kier alpha value is -2.16. The predicted molar refractivity (Wildman–Crippen MR) is 77.3 cm³/mol. The van der Waals surface area contributed by atoms with Crippen LogP contribution in [-0.2, 0) is 11.2 Å². The maximum absolute atomic E-state index is 13.8. The number of fused-ring (bicyclic) bond motifs is 1. The van der Waals surface area contributed by atoms with Gasteiger partial charge in [0.2, 0.25) is 5.91 Å². The number of rotatable bonds is 3. The molecule has 0 saturated heterocycles. The lowest BCUT2D eigenvalue weighted by Crippen LogP contribution is -2.29. The van der Waals surface area contributed by atoms with Crippen LogP contribution in [0.1, 0.15) is 24.0 Å². The third-order valence-corrected chi connectivity index (χ3v) is 3.87. The van der Waals surface area contributed by atoms with Gasteiger partial charge in [-0.15, -0.1) is 0 Å². The largest absolute Gasteiger partial charge is 0.312 e. The molecule has 3 rings (SSSR count). The molecular formula is C17H16FNO. The Morgan fingerprint density at radius 2 is 1.80 bits per heavy atom. The van der Waals surface area contributed by atoms with Crippen LogP contribution < -0.4 is 4.90 Å². The van der Waals surface area contributed by atoms with Crippen molar-refractivity contribution in [3.05, 3.63) is 65.5 Å². The van der Waals surface area contributed by atoms with Crippen LogP contribution in [0.2, 0.25) is 0 Å². The standard InChI is InChI=1S/C17H16FNO/c1-2-19-16-10-6-4-8-13(16)14(17(19)20)11-12-7-3-5-9-15(12)18/h3-10,14H,2,11H2,1H3/t14-/m0/s1. The summed E-state index contributed by atoms with van der Waals surface area (Å²) in [4.78, 5) is 14.3. The smallest absolute Gasteiger partial charge is 0.234 e. The highest BCUT2D eigenvalue weighted by atomic mass is 19.1. The molecule has 0 aliphatic carbocycles. The van der Waals surface area contributed by atoms with Gasteiger partial charge in [0.25, 0.3) is 0 Å². The van der Waals surface area contributed by atoms with Gasteiger partial charge < -0.3 is 4.90 Å². The average molecular weight is 269 g/mol. The average Bonchev–Trinajstić information content (AvgIpc) is 2.74. The molecule has 0 radical (unpaired) electrons. The number of para-hydroxylation sites is 1. The van der Waals surface area contributed by atoms with Crippen molar-refractivity contribution >= 4 is 11.6 Å². The van der Waals surface area contributed by atoms with Crippen molar-refractivity contribution in [3.63, 3.8) is 0 Å². The highest BCUT2D eigenvalue weighted by molar-refractivity contribution is 6.05. The number of amides is 1. The fraction of sp³-hybridized carbons (Fsp3) is 0.235. The van der Waals surface area contributed by atoms with Gasteiger partial charge in [-0.25, -0.2) is 4.39 Å². The fourth-order valence-electron chi connectivity index (χ4n) is 2.88. The van der Waals surface area contributed by atoms with Gasteiger partial charge in [-0.3, -0.25) is 4.79 Å². The Balaban J connectivity index is 1.98. The number of anilines is 1. The number of likely N-dealkylation sites (N-methyl/N-ethyl adjacent to an activating group) is 1. The van der Waals surface area contributed by atoms with Crippen LogP contribution in [0, 0.1) is 5.82 Å². The van der Waals surface area contributed by atoms with Crippen molar-refractivity contribution in [2.75, 3.05) is 11.4 Å². The Labute approximate surface area is 117 Å². The Morgan fingerprint density at radius 3 is 2.55 bits per heavy atom. The molecule has 102 valence electrons. The van der Waals surface area contributed by atoms with Gasteiger partial charge in [-0.2, -0.15) is 0 Å². The number of carbonyl (C=O) groups excluding carboxylic acids is 1. The van der Waals surface area contributed by atoms with Crippen LogP contribution in [0.5, 0.6) is 0 Å². The third-order valence-electron chi connectivity index (χ3n) is 3.87. The minimum absolute atomic E-state index is 0.0666. The zero-order chi connectivity index (χ0) is 14.1. The van der Waals surface area contributed by atoms with Crippen LogP contribution in [0.15, 0.2) is 48.5 Å². The summed E-state index contributed by atoms with van der Waals surface area (Å²) >= 11 is 0. The summed E-state index contributed by atoms with van der Waals surface area (Å²) in [6, 6.07) is 14.5. The molecule has 0 N–H and O–H groups in total. The minimum atomic E-state index is -0.275. The molecule has 1 heterocycles. The first-order valence-corrected chi connectivity index (χ1v) is 6.86. The predicted octanol–water partition coefficient (Wildman–Crippen LogP) is 3.52. The molecule has 3 heteroatoms. The topological polar surface area (TPSA) is 20.3 Å². The van der Waals surface area contributed by atoms with E-state index in [4.69, 9.17) is 0 Å². The summed E-state index contributed by atoms with van der Waals surface area (Å²) in [6.07, 6.45) is 0.416. The second-order valence-electron chi connectivity index (χ2n) is 4.99. The first kappa shape index (κ1) is 12.9. The van der Waals surface area contributed by atoms with Crippen molar-refractivity contribution in [1.82, 2.24) is 0 Å². The molecule has 0 aromatic heterocycles. The van der Waals surface area contributed by atoms with E-state index in [0.717, 1.165) is 11.3 Å². The molecule has 1 amide bonds. The lowest BCUT2D eigenvalue weighted by Gasteiger charge is -2.15. The Bertz CT molecular complexity index is 653. The maximum Gasteiger partial charge on any atom is 0.234 e. The van der Waals surface area contributed by atoms with Crippen LogP contribution in [0.3, 0.4) is 0 Å². The van der Waals surface area contributed by atoms with Crippen molar-refractivity contribution in [2.24, 2.45) is 0 Å². The molecule has 1 aliphatic rings. The zero-order valence-corrected chi connectivity index (χ0v) is 11.3. The number of nitrogens with zero attached hydrogens (tertiary/aromatic N) is 1. The van der Waals surface area contributed by atoms with Crippen molar-refractivity contribution in [1.29, 1.82) is 0 Å². The monoisotopic (exact) mass is 269 g/mol. The van der Waals surface area contributed by atoms with E-state index in [9.17, 15) is 9.18 Å². The van der Waals surface area contributed by atoms with E-state index >= 15 is 0 Å². The third kappa shape index (κ3) is 1.99. The molecule has 2 aromatic carbocycles. The Kier molecular flexibility index (Phi) is 3.26. The van der Waals surface area contributed by atoms with Crippen LogP contribution >= 0.6 is 0 Å². The lowest BCUT2D eigenvalue weighted by atomic mass is 9.93.